The van der Waals surface area contributed by atoms with Crippen LogP contribution in [0.1, 0.15) is 49.1 Å². The van der Waals surface area contributed by atoms with Crippen LogP contribution in [0.15, 0.2) is 41.6 Å². The van der Waals surface area contributed by atoms with Crippen molar-refractivity contribution in [2.45, 2.75) is 56.4 Å². The largest absolute Gasteiger partial charge is 0.465 e. The van der Waals surface area contributed by atoms with Crippen molar-refractivity contribution in [3.05, 3.63) is 47.2 Å². The Morgan fingerprint density at radius 1 is 1.17 bits per heavy atom. The minimum Gasteiger partial charge on any atom is -0.465 e. The Bertz CT molecular complexity index is 1300. The van der Waals surface area contributed by atoms with Crippen LogP contribution in [0.5, 0.6) is 0 Å². The minimum atomic E-state index is -3.76. The molecule has 1 fully saturated rings. The van der Waals surface area contributed by atoms with E-state index in [1.54, 1.807) is 31.5 Å². The van der Waals surface area contributed by atoms with Crippen molar-refractivity contribution in [1.29, 1.82) is 0 Å². The second kappa shape index (κ2) is 10.7. The monoisotopic (exact) mass is 516 g/mol. The Hall–Kier alpha value is -3.09. The molecule has 35 heavy (non-hydrogen) atoms. The second-order valence-corrected chi connectivity index (χ2v) is 11.3. The Morgan fingerprint density at radius 2 is 1.94 bits per heavy atom. The number of amides is 1. The van der Waals surface area contributed by atoms with Crippen LogP contribution >= 0.6 is 11.3 Å². The van der Waals surface area contributed by atoms with E-state index in [2.05, 4.69) is 30.5 Å². The first-order valence-electron chi connectivity index (χ1n) is 11.4. The summed E-state index contributed by atoms with van der Waals surface area (Å²) in [4.78, 5) is 16.4. The zero-order chi connectivity index (χ0) is 25.0. The molecule has 0 spiro atoms. The third-order valence-electron chi connectivity index (χ3n) is 5.86. The lowest BCUT2D eigenvalue weighted by molar-refractivity contribution is 0.185. The van der Waals surface area contributed by atoms with Crippen molar-refractivity contribution in [3.63, 3.8) is 0 Å². The average molecular weight is 517 g/mol. The number of thiazole rings is 1. The van der Waals surface area contributed by atoms with Gasteiger partial charge in [-0.1, -0.05) is 13.0 Å². The summed E-state index contributed by atoms with van der Waals surface area (Å²) in [5.41, 5.74) is 2.10. The fourth-order valence-electron chi connectivity index (χ4n) is 4.23. The standard InChI is InChI=1S/C23H28N6O4S2/c1-3-26-35(32,33)20-11-17(27-21-10-14(2)12-25-29-21)8-9-18(20)19-13-24-22(34-19)15-4-6-16(7-5-15)28-23(30)31/h8-13,15-16,26,28H,3-7H2,1-2H3,(H,27,29)(H,30,31). The normalized spacial score (nSPS) is 18.2. The van der Waals surface area contributed by atoms with Gasteiger partial charge in [0.1, 0.15) is 0 Å². The summed E-state index contributed by atoms with van der Waals surface area (Å²) in [6, 6.07) is 6.99. The van der Waals surface area contributed by atoms with Gasteiger partial charge in [0.05, 0.1) is 21.0 Å². The number of hydrogen-bond acceptors (Lipinski definition) is 8. The summed E-state index contributed by atoms with van der Waals surface area (Å²) in [5, 5.41) is 23.5. The quantitative estimate of drug-likeness (QED) is 0.348. The maximum absolute atomic E-state index is 13.1. The van der Waals surface area contributed by atoms with Crippen LogP contribution in [-0.4, -0.2) is 47.4 Å². The number of aryl methyl sites for hydroxylation is 1. The van der Waals surface area contributed by atoms with Gasteiger partial charge in [-0.3, -0.25) is 0 Å². The lowest BCUT2D eigenvalue weighted by atomic mass is 9.86. The van der Waals surface area contributed by atoms with Crippen LogP contribution in [-0.2, 0) is 10.0 Å². The van der Waals surface area contributed by atoms with Crippen LogP contribution in [0.4, 0.5) is 16.3 Å². The fourth-order valence-corrected chi connectivity index (χ4v) is 6.70. The Balaban J connectivity index is 1.60. The molecule has 0 saturated heterocycles. The summed E-state index contributed by atoms with van der Waals surface area (Å²) in [5.74, 6) is 0.757. The maximum atomic E-state index is 13.1. The van der Waals surface area contributed by atoms with Crippen LogP contribution in [0.3, 0.4) is 0 Å². The van der Waals surface area contributed by atoms with Crippen LogP contribution < -0.4 is 15.4 Å². The van der Waals surface area contributed by atoms with E-state index in [9.17, 15) is 13.2 Å². The first-order chi connectivity index (χ1) is 16.7. The van der Waals surface area contributed by atoms with E-state index in [1.807, 2.05) is 19.1 Å². The molecule has 1 saturated carbocycles. The number of carboxylic acid groups (broad SMARTS) is 1. The van der Waals surface area contributed by atoms with Gasteiger partial charge in [-0.2, -0.15) is 5.10 Å². The van der Waals surface area contributed by atoms with E-state index in [-0.39, 0.29) is 23.4 Å². The topological polar surface area (TPSA) is 146 Å². The highest BCUT2D eigenvalue weighted by Gasteiger charge is 2.27. The van der Waals surface area contributed by atoms with E-state index in [1.165, 1.54) is 11.3 Å². The fraction of sp³-hybridized carbons (Fsp3) is 0.391. The zero-order valence-corrected chi connectivity index (χ0v) is 21.1. The van der Waals surface area contributed by atoms with Crippen LogP contribution in [0.2, 0.25) is 0 Å². The molecule has 1 aliphatic carbocycles. The molecule has 0 bridgehead atoms. The number of benzene rings is 1. The molecule has 1 aliphatic rings. The minimum absolute atomic E-state index is 0.0295. The molecule has 2 heterocycles. The van der Waals surface area contributed by atoms with Gasteiger partial charge >= 0.3 is 6.09 Å². The molecule has 0 aliphatic heterocycles. The Kier molecular flexibility index (Phi) is 7.63. The van der Waals surface area contributed by atoms with Crippen molar-refractivity contribution in [2.24, 2.45) is 0 Å². The van der Waals surface area contributed by atoms with Crippen molar-refractivity contribution in [2.75, 3.05) is 11.9 Å². The molecule has 1 aromatic carbocycles. The van der Waals surface area contributed by atoms with Gasteiger partial charge in [0.25, 0.3) is 0 Å². The van der Waals surface area contributed by atoms with Gasteiger partial charge in [-0.05, 0) is 56.4 Å². The summed E-state index contributed by atoms with van der Waals surface area (Å²) < 4.78 is 28.7. The zero-order valence-electron chi connectivity index (χ0n) is 19.5. The number of nitrogens with one attached hydrogen (secondary N) is 3. The third kappa shape index (κ3) is 6.13. The molecule has 2 aromatic heterocycles. The molecule has 0 unspecified atom stereocenters. The van der Waals surface area contributed by atoms with Crippen molar-refractivity contribution in [3.8, 4) is 10.4 Å². The molecular formula is C23H28N6O4S2. The van der Waals surface area contributed by atoms with Crippen LogP contribution in [0.25, 0.3) is 10.4 Å². The number of nitrogens with zero attached hydrogens (tertiary/aromatic N) is 3. The third-order valence-corrected chi connectivity index (χ3v) is 8.64. The van der Waals surface area contributed by atoms with Gasteiger partial charge in [0, 0.05) is 36.0 Å². The highest BCUT2D eigenvalue weighted by atomic mass is 32.2. The lowest BCUT2D eigenvalue weighted by Gasteiger charge is -2.27. The van der Waals surface area contributed by atoms with Crippen molar-refractivity contribution >= 4 is 39.0 Å². The van der Waals surface area contributed by atoms with Gasteiger partial charge in [-0.25, -0.2) is 22.9 Å². The predicted octanol–water partition coefficient (Wildman–Crippen LogP) is 4.24. The van der Waals surface area contributed by atoms with E-state index in [0.717, 1.165) is 41.1 Å². The van der Waals surface area contributed by atoms with Crippen LogP contribution in [0, 0.1) is 6.92 Å². The molecule has 10 nitrogen and oxygen atoms in total. The molecule has 0 radical (unpaired) electrons. The van der Waals surface area contributed by atoms with E-state index in [0.29, 0.717) is 17.1 Å². The smallest absolute Gasteiger partial charge is 0.404 e. The van der Waals surface area contributed by atoms with Gasteiger partial charge in [-0.15, -0.1) is 16.4 Å². The molecule has 3 aromatic rings. The number of hydrogen-bond donors (Lipinski definition) is 4. The number of anilines is 2. The first-order valence-corrected chi connectivity index (χ1v) is 13.7. The van der Waals surface area contributed by atoms with Crippen molar-refractivity contribution in [1.82, 2.24) is 25.2 Å². The van der Waals surface area contributed by atoms with E-state index < -0.39 is 16.1 Å². The highest BCUT2D eigenvalue weighted by molar-refractivity contribution is 7.89. The molecule has 0 atom stereocenters. The van der Waals surface area contributed by atoms with Crippen molar-refractivity contribution < 1.29 is 18.3 Å². The number of aromatic nitrogens is 3. The van der Waals surface area contributed by atoms with E-state index >= 15 is 0 Å². The highest BCUT2D eigenvalue weighted by Crippen LogP contribution is 2.40. The molecule has 12 heteroatoms. The predicted molar refractivity (Wildman–Crippen MR) is 135 cm³/mol. The van der Waals surface area contributed by atoms with Gasteiger partial charge in [0.2, 0.25) is 10.0 Å². The number of sulfonamides is 1. The van der Waals surface area contributed by atoms with Gasteiger partial charge in [0.15, 0.2) is 5.82 Å². The molecule has 4 rings (SSSR count). The average Bonchev–Trinajstić information content (AvgIpc) is 3.29. The Morgan fingerprint density at radius 3 is 2.63 bits per heavy atom. The molecule has 186 valence electrons. The molecule has 4 N–H and O–H groups in total. The summed E-state index contributed by atoms with van der Waals surface area (Å²) in [7, 11) is -3.76. The van der Waals surface area contributed by atoms with Gasteiger partial charge < -0.3 is 15.7 Å². The number of rotatable bonds is 8. The molecular weight excluding hydrogens is 488 g/mol. The Labute approximate surface area is 208 Å². The molecule has 1 amide bonds. The second-order valence-electron chi connectivity index (χ2n) is 8.52. The lowest BCUT2D eigenvalue weighted by Crippen LogP contribution is -2.36. The van der Waals surface area contributed by atoms with E-state index in [4.69, 9.17) is 5.11 Å². The summed E-state index contributed by atoms with van der Waals surface area (Å²) in [6.45, 7) is 3.91. The maximum Gasteiger partial charge on any atom is 0.404 e. The first kappa shape index (κ1) is 25.0. The summed E-state index contributed by atoms with van der Waals surface area (Å²) in [6.07, 6.45) is 5.56. The number of carbonyl (C=O) groups is 1. The SMILES string of the molecule is CCNS(=O)(=O)c1cc(Nc2cc(C)cnn2)ccc1-c1cnc(C2CCC(NC(=O)O)CC2)s1. The summed E-state index contributed by atoms with van der Waals surface area (Å²) >= 11 is 1.48.